The summed E-state index contributed by atoms with van der Waals surface area (Å²) in [5.74, 6) is -0.458. The van der Waals surface area contributed by atoms with Crippen LogP contribution in [0.3, 0.4) is 0 Å². The molecule has 160 valence electrons. The van der Waals surface area contributed by atoms with Crippen LogP contribution in [0.4, 0.5) is 13.6 Å². The van der Waals surface area contributed by atoms with E-state index in [1.165, 1.54) is 31.4 Å². The fourth-order valence-corrected chi connectivity index (χ4v) is 3.60. The lowest BCUT2D eigenvalue weighted by Crippen LogP contribution is -2.45. The Morgan fingerprint density at radius 1 is 1.19 bits per heavy atom. The topological polar surface area (TPSA) is 80.5 Å². The first-order valence-corrected chi connectivity index (χ1v) is 9.65. The zero-order valence-electron chi connectivity index (χ0n) is 17.1. The second kappa shape index (κ2) is 8.17. The lowest BCUT2D eigenvalue weighted by atomic mass is 9.94. The molecule has 1 unspecified atom stereocenters. The van der Waals surface area contributed by atoms with Crippen LogP contribution in [0.15, 0.2) is 52.7 Å². The van der Waals surface area contributed by atoms with E-state index >= 15 is 0 Å². The van der Waals surface area contributed by atoms with Gasteiger partial charge in [0.05, 0.1) is 18.7 Å². The Morgan fingerprint density at radius 3 is 2.58 bits per heavy atom. The number of aromatic nitrogens is 2. The second-order valence-electron chi connectivity index (χ2n) is 6.95. The Hall–Kier alpha value is -3.75. The van der Waals surface area contributed by atoms with Crippen LogP contribution in [0.1, 0.15) is 31.3 Å². The summed E-state index contributed by atoms with van der Waals surface area (Å²) < 4.78 is 38.0. The van der Waals surface area contributed by atoms with Gasteiger partial charge in [-0.3, -0.25) is 4.90 Å². The summed E-state index contributed by atoms with van der Waals surface area (Å²) in [6.07, 6.45) is 0. The van der Waals surface area contributed by atoms with Crippen molar-refractivity contribution in [1.29, 1.82) is 0 Å². The number of ether oxygens (including phenoxy) is 1. The largest absolute Gasteiger partial charge is 0.494 e. The maximum absolute atomic E-state index is 14.1. The van der Waals surface area contributed by atoms with E-state index in [4.69, 9.17) is 9.26 Å². The number of allylic oxidation sites excluding steroid dienone is 1. The van der Waals surface area contributed by atoms with Crippen molar-refractivity contribution in [3.63, 3.8) is 0 Å². The Morgan fingerprint density at radius 2 is 1.94 bits per heavy atom. The van der Waals surface area contributed by atoms with E-state index in [1.54, 1.807) is 30.0 Å². The molecule has 31 heavy (non-hydrogen) atoms. The molecule has 0 radical (unpaired) electrons. The number of rotatable bonds is 5. The molecule has 1 atom stereocenters. The van der Waals surface area contributed by atoms with Gasteiger partial charge in [0.1, 0.15) is 5.82 Å². The molecule has 0 saturated heterocycles. The van der Waals surface area contributed by atoms with Crippen molar-refractivity contribution >= 4 is 11.6 Å². The average molecular weight is 426 g/mol. The fraction of sp³-hybridized carbons (Fsp3) is 0.227. The number of carbonyl (C=O) groups is 1. The van der Waals surface area contributed by atoms with E-state index in [0.717, 1.165) is 0 Å². The zero-order chi connectivity index (χ0) is 22.1. The van der Waals surface area contributed by atoms with Crippen molar-refractivity contribution in [2.75, 3.05) is 13.7 Å². The number of hydrogen-bond acceptors (Lipinski definition) is 5. The van der Waals surface area contributed by atoms with E-state index in [2.05, 4.69) is 15.5 Å². The first kappa shape index (κ1) is 20.5. The molecule has 0 aliphatic carbocycles. The van der Waals surface area contributed by atoms with Crippen molar-refractivity contribution in [3.05, 3.63) is 71.3 Å². The average Bonchev–Trinajstić information content (AvgIpc) is 3.24. The van der Waals surface area contributed by atoms with Gasteiger partial charge in [-0.2, -0.15) is 4.98 Å². The number of benzene rings is 2. The number of carbonyl (C=O) groups excluding carboxylic acids is 1. The molecule has 0 fully saturated rings. The van der Waals surface area contributed by atoms with E-state index in [1.807, 2.05) is 6.92 Å². The van der Waals surface area contributed by atoms with Crippen LogP contribution in [0.25, 0.3) is 17.0 Å². The van der Waals surface area contributed by atoms with Crippen LogP contribution in [0.5, 0.6) is 5.75 Å². The number of urea groups is 1. The van der Waals surface area contributed by atoms with Gasteiger partial charge in [-0.05, 0) is 49.7 Å². The summed E-state index contributed by atoms with van der Waals surface area (Å²) in [6, 6.07) is 9.28. The molecule has 3 aromatic rings. The molecule has 1 aromatic heterocycles. The number of amides is 2. The predicted octanol–water partition coefficient (Wildman–Crippen LogP) is 4.54. The third-order valence-electron chi connectivity index (χ3n) is 5.18. The SMILES string of the molecule is CCN1C(=O)NC(c2ccc(F)cc2)C(c2nc(-c3ccc(OC)c(F)c3)no2)=C1C. The van der Waals surface area contributed by atoms with E-state index in [9.17, 15) is 13.6 Å². The summed E-state index contributed by atoms with van der Waals surface area (Å²) >= 11 is 0. The monoisotopic (exact) mass is 426 g/mol. The maximum atomic E-state index is 14.1. The van der Waals surface area contributed by atoms with Gasteiger partial charge < -0.3 is 14.6 Å². The summed E-state index contributed by atoms with van der Waals surface area (Å²) in [7, 11) is 1.38. The first-order valence-electron chi connectivity index (χ1n) is 9.65. The van der Waals surface area contributed by atoms with Crippen molar-refractivity contribution in [3.8, 4) is 17.1 Å². The molecule has 1 aliphatic rings. The van der Waals surface area contributed by atoms with Crippen LogP contribution in [-0.4, -0.2) is 34.7 Å². The van der Waals surface area contributed by atoms with Crippen LogP contribution in [0, 0.1) is 11.6 Å². The number of nitrogens with zero attached hydrogens (tertiary/aromatic N) is 3. The van der Waals surface area contributed by atoms with Gasteiger partial charge in [-0.15, -0.1) is 0 Å². The van der Waals surface area contributed by atoms with E-state index in [-0.39, 0.29) is 29.3 Å². The molecule has 2 aromatic carbocycles. The summed E-state index contributed by atoms with van der Waals surface area (Å²) in [5.41, 5.74) is 2.30. The highest BCUT2D eigenvalue weighted by atomic mass is 19.1. The van der Waals surface area contributed by atoms with Gasteiger partial charge in [-0.25, -0.2) is 13.6 Å². The molecule has 1 N–H and O–H groups in total. The summed E-state index contributed by atoms with van der Waals surface area (Å²) in [5, 5.41) is 6.89. The van der Waals surface area contributed by atoms with Gasteiger partial charge in [0, 0.05) is 17.8 Å². The summed E-state index contributed by atoms with van der Waals surface area (Å²) in [4.78, 5) is 18.6. The number of methoxy groups -OCH3 is 1. The molecular weight excluding hydrogens is 406 g/mol. The molecule has 7 nitrogen and oxygen atoms in total. The van der Waals surface area contributed by atoms with Gasteiger partial charge >= 0.3 is 6.03 Å². The molecule has 0 spiro atoms. The number of halogens is 2. The van der Waals surface area contributed by atoms with Crippen LogP contribution in [0.2, 0.25) is 0 Å². The van der Waals surface area contributed by atoms with Gasteiger partial charge in [0.2, 0.25) is 5.82 Å². The highest BCUT2D eigenvalue weighted by Gasteiger charge is 2.35. The normalized spacial score (nSPS) is 16.5. The van der Waals surface area contributed by atoms with E-state index < -0.39 is 11.9 Å². The third kappa shape index (κ3) is 3.74. The highest BCUT2D eigenvalue weighted by molar-refractivity contribution is 5.86. The van der Waals surface area contributed by atoms with Crippen molar-refractivity contribution in [2.24, 2.45) is 0 Å². The Kier molecular flexibility index (Phi) is 5.41. The summed E-state index contributed by atoms with van der Waals surface area (Å²) in [6.45, 7) is 4.06. The lowest BCUT2D eigenvalue weighted by Gasteiger charge is -2.34. The molecular formula is C22H20F2N4O3. The molecule has 1 aliphatic heterocycles. The van der Waals surface area contributed by atoms with Crippen molar-refractivity contribution in [1.82, 2.24) is 20.4 Å². The van der Waals surface area contributed by atoms with Crippen LogP contribution >= 0.6 is 0 Å². The quantitative estimate of drug-likeness (QED) is 0.648. The Bertz CT molecular complexity index is 1160. The van der Waals surface area contributed by atoms with Crippen molar-refractivity contribution in [2.45, 2.75) is 19.9 Å². The molecule has 4 rings (SSSR count). The van der Waals surface area contributed by atoms with Gasteiger partial charge in [0.15, 0.2) is 11.6 Å². The first-order chi connectivity index (χ1) is 14.9. The van der Waals surface area contributed by atoms with E-state index in [0.29, 0.717) is 28.9 Å². The predicted molar refractivity (Wildman–Crippen MR) is 109 cm³/mol. The fourth-order valence-electron chi connectivity index (χ4n) is 3.60. The third-order valence-corrected chi connectivity index (χ3v) is 5.18. The molecule has 9 heteroatoms. The van der Waals surface area contributed by atoms with Crippen LogP contribution < -0.4 is 10.1 Å². The number of hydrogen-bond donors (Lipinski definition) is 1. The standard InChI is InChI=1S/C22H20F2N4O3/c1-4-28-12(2)18(19(25-22(28)29)13-5-8-15(23)9-6-13)21-26-20(27-31-21)14-7-10-17(30-3)16(24)11-14/h5-11,19H,4H2,1-3H3,(H,25,29). The van der Waals surface area contributed by atoms with Gasteiger partial charge in [-0.1, -0.05) is 17.3 Å². The zero-order valence-corrected chi connectivity index (χ0v) is 17.1. The molecule has 2 amide bonds. The smallest absolute Gasteiger partial charge is 0.322 e. The number of nitrogens with one attached hydrogen (secondary N) is 1. The lowest BCUT2D eigenvalue weighted by molar-refractivity contribution is 0.207. The maximum Gasteiger partial charge on any atom is 0.322 e. The Labute approximate surface area is 177 Å². The molecule has 0 saturated carbocycles. The minimum atomic E-state index is -0.614. The minimum Gasteiger partial charge on any atom is -0.494 e. The molecule has 2 heterocycles. The van der Waals surface area contributed by atoms with Crippen LogP contribution in [-0.2, 0) is 0 Å². The van der Waals surface area contributed by atoms with Crippen molar-refractivity contribution < 1.29 is 22.8 Å². The Balaban J connectivity index is 1.79. The molecule has 0 bridgehead atoms. The van der Waals surface area contributed by atoms with Gasteiger partial charge in [0.25, 0.3) is 5.89 Å². The minimum absolute atomic E-state index is 0.107. The highest BCUT2D eigenvalue weighted by Crippen LogP contribution is 2.37. The second-order valence-corrected chi connectivity index (χ2v) is 6.95.